The second-order valence-corrected chi connectivity index (χ2v) is 6.47. The van der Waals surface area contributed by atoms with Crippen LogP contribution in [0.3, 0.4) is 0 Å². The molecule has 0 aromatic heterocycles. The maximum absolute atomic E-state index is 11.1. The minimum Gasteiger partial charge on any atom is -0.465 e. The van der Waals surface area contributed by atoms with Gasteiger partial charge in [-0.05, 0) is 37.0 Å². The number of piperidine rings is 1. The molecule has 0 spiro atoms. The van der Waals surface area contributed by atoms with Crippen LogP contribution in [0.4, 0.5) is 4.79 Å². The third-order valence-electron chi connectivity index (χ3n) is 4.62. The molecule has 0 radical (unpaired) electrons. The monoisotopic (exact) mass is 320 g/mol. The molecule has 1 aromatic carbocycles. The summed E-state index contributed by atoms with van der Waals surface area (Å²) < 4.78 is 0. The van der Waals surface area contributed by atoms with Gasteiger partial charge in [0, 0.05) is 36.7 Å². The fraction of sp³-hybridized carbons (Fsp3) is 0.471. The molecule has 1 aromatic rings. The number of benzene rings is 1. The Morgan fingerprint density at radius 2 is 2.18 bits per heavy atom. The topological polar surface area (TPSA) is 43.8 Å². The Bertz CT molecular complexity index is 576. The van der Waals surface area contributed by atoms with Gasteiger partial charge in [0.15, 0.2) is 0 Å². The van der Waals surface area contributed by atoms with Crippen LogP contribution in [0.1, 0.15) is 24.8 Å². The molecule has 22 heavy (non-hydrogen) atoms. The lowest BCUT2D eigenvalue weighted by atomic mass is 9.93. The highest BCUT2D eigenvalue weighted by Gasteiger charge is 2.35. The number of carbonyl (C=O) groups is 1. The first-order valence-electron chi connectivity index (χ1n) is 7.81. The zero-order chi connectivity index (χ0) is 15.5. The van der Waals surface area contributed by atoms with Crippen molar-refractivity contribution in [1.29, 1.82) is 0 Å². The zero-order valence-electron chi connectivity index (χ0n) is 12.5. The SMILES string of the molecule is O=C(O)N1CCN2C(/C=C/c3cccc(Cl)c3)CCC[C@H]2C1. The van der Waals surface area contributed by atoms with Crippen LogP contribution in [0.5, 0.6) is 0 Å². The standard InChI is InChI=1S/C17H21ClN2O2/c18-14-4-1-3-13(11-14)7-8-15-5-2-6-16-12-19(17(21)22)9-10-20(15)16/h1,3-4,7-8,11,15-16H,2,5-6,9-10,12H2,(H,21,22)/b8-7+/t15?,16-/m0/s1. The first-order chi connectivity index (χ1) is 10.6. The van der Waals surface area contributed by atoms with Gasteiger partial charge in [0.25, 0.3) is 0 Å². The molecule has 118 valence electrons. The fourth-order valence-electron chi connectivity index (χ4n) is 3.50. The van der Waals surface area contributed by atoms with Gasteiger partial charge in [-0.25, -0.2) is 4.79 Å². The van der Waals surface area contributed by atoms with Gasteiger partial charge in [-0.3, -0.25) is 4.90 Å². The van der Waals surface area contributed by atoms with Gasteiger partial charge in [-0.2, -0.15) is 0 Å². The molecule has 0 saturated carbocycles. The van der Waals surface area contributed by atoms with Crippen molar-refractivity contribution in [3.05, 3.63) is 40.9 Å². The highest BCUT2D eigenvalue weighted by Crippen LogP contribution is 2.27. The molecule has 2 heterocycles. The predicted octanol–water partition coefficient (Wildman–Crippen LogP) is 3.57. The van der Waals surface area contributed by atoms with Crippen molar-refractivity contribution in [3.8, 4) is 0 Å². The second-order valence-electron chi connectivity index (χ2n) is 6.03. The molecule has 0 aliphatic carbocycles. The maximum atomic E-state index is 11.1. The third-order valence-corrected chi connectivity index (χ3v) is 4.86. The molecule has 2 fully saturated rings. The Labute approximate surface area is 136 Å². The van der Waals surface area contributed by atoms with Crippen LogP contribution in [0.25, 0.3) is 6.08 Å². The maximum Gasteiger partial charge on any atom is 0.407 e. The number of nitrogens with zero attached hydrogens (tertiary/aromatic N) is 2. The Hall–Kier alpha value is -1.52. The van der Waals surface area contributed by atoms with E-state index in [4.69, 9.17) is 16.7 Å². The number of amides is 1. The van der Waals surface area contributed by atoms with E-state index in [9.17, 15) is 4.79 Å². The first-order valence-corrected chi connectivity index (χ1v) is 8.18. The van der Waals surface area contributed by atoms with Gasteiger partial charge in [0.2, 0.25) is 0 Å². The van der Waals surface area contributed by atoms with Crippen molar-refractivity contribution in [2.75, 3.05) is 19.6 Å². The van der Waals surface area contributed by atoms with E-state index >= 15 is 0 Å². The van der Waals surface area contributed by atoms with Crippen LogP contribution in [-0.4, -0.2) is 52.7 Å². The molecular formula is C17H21ClN2O2. The van der Waals surface area contributed by atoms with Crippen LogP contribution < -0.4 is 0 Å². The molecular weight excluding hydrogens is 300 g/mol. The van der Waals surface area contributed by atoms with Gasteiger partial charge < -0.3 is 10.0 Å². The van der Waals surface area contributed by atoms with Crippen molar-refractivity contribution in [2.45, 2.75) is 31.3 Å². The number of halogens is 1. The van der Waals surface area contributed by atoms with Crippen molar-refractivity contribution in [3.63, 3.8) is 0 Å². The highest BCUT2D eigenvalue weighted by atomic mass is 35.5. The van der Waals surface area contributed by atoms with Gasteiger partial charge in [-0.15, -0.1) is 0 Å². The molecule has 1 amide bonds. The highest BCUT2D eigenvalue weighted by molar-refractivity contribution is 6.30. The summed E-state index contributed by atoms with van der Waals surface area (Å²) in [7, 11) is 0. The summed E-state index contributed by atoms with van der Waals surface area (Å²) >= 11 is 6.02. The molecule has 3 rings (SSSR count). The average molecular weight is 321 g/mol. The van der Waals surface area contributed by atoms with Crippen molar-refractivity contribution in [1.82, 2.24) is 9.80 Å². The van der Waals surface area contributed by atoms with Gasteiger partial charge in [0.1, 0.15) is 0 Å². The Morgan fingerprint density at radius 1 is 1.32 bits per heavy atom. The summed E-state index contributed by atoms with van der Waals surface area (Å²) in [5, 5.41) is 9.90. The minimum atomic E-state index is -0.795. The van der Waals surface area contributed by atoms with Crippen molar-refractivity contribution in [2.24, 2.45) is 0 Å². The molecule has 2 saturated heterocycles. The summed E-state index contributed by atoms with van der Waals surface area (Å²) in [6, 6.07) is 8.59. The van der Waals surface area contributed by atoms with E-state index in [-0.39, 0.29) is 0 Å². The summed E-state index contributed by atoms with van der Waals surface area (Å²) in [5.41, 5.74) is 1.11. The van der Waals surface area contributed by atoms with Crippen LogP contribution in [0, 0.1) is 0 Å². The average Bonchev–Trinajstić information content (AvgIpc) is 2.52. The Kier molecular flexibility index (Phi) is 4.69. The van der Waals surface area contributed by atoms with Gasteiger partial charge in [0.05, 0.1) is 0 Å². The number of rotatable bonds is 2. The zero-order valence-corrected chi connectivity index (χ0v) is 13.2. The van der Waals surface area contributed by atoms with E-state index in [2.05, 4.69) is 17.1 Å². The molecule has 0 bridgehead atoms. The van der Waals surface area contributed by atoms with Crippen molar-refractivity contribution < 1.29 is 9.90 Å². The summed E-state index contributed by atoms with van der Waals surface area (Å²) in [5.74, 6) is 0. The van der Waals surface area contributed by atoms with E-state index in [1.54, 1.807) is 4.90 Å². The van der Waals surface area contributed by atoms with E-state index in [1.807, 2.05) is 24.3 Å². The number of hydrogen-bond donors (Lipinski definition) is 1. The molecule has 5 heteroatoms. The van der Waals surface area contributed by atoms with Crippen LogP contribution in [0.15, 0.2) is 30.3 Å². The van der Waals surface area contributed by atoms with Crippen LogP contribution >= 0.6 is 11.6 Å². The minimum absolute atomic E-state index is 0.354. The van der Waals surface area contributed by atoms with E-state index in [1.165, 1.54) is 0 Å². The van der Waals surface area contributed by atoms with E-state index < -0.39 is 6.09 Å². The number of fused-ring (bicyclic) bond motifs is 1. The van der Waals surface area contributed by atoms with Crippen LogP contribution in [0.2, 0.25) is 5.02 Å². The summed E-state index contributed by atoms with van der Waals surface area (Å²) in [6.07, 6.45) is 6.96. The lowest BCUT2D eigenvalue weighted by molar-refractivity contribution is 0.0287. The lowest BCUT2D eigenvalue weighted by Crippen LogP contribution is -2.58. The fourth-order valence-corrected chi connectivity index (χ4v) is 3.70. The van der Waals surface area contributed by atoms with Crippen LogP contribution in [-0.2, 0) is 0 Å². The number of piperazine rings is 1. The molecule has 2 aliphatic heterocycles. The lowest BCUT2D eigenvalue weighted by Gasteiger charge is -2.46. The van der Waals surface area contributed by atoms with Gasteiger partial charge >= 0.3 is 6.09 Å². The second kappa shape index (κ2) is 6.71. The molecule has 4 nitrogen and oxygen atoms in total. The van der Waals surface area contributed by atoms with E-state index in [0.717, 1.165) is 36.4 Å². The summed E-state index contributed by atoms with van der Waals surface area (Å²) in [6.45, 7) is 2.06. The Morgan fingerprint density at radius 3 is 2.95 bits per heavy atom. The third kappa shape index (κ3) is 3.45. The number of hydrogen-bond acceptors (Lipinski definition) is 2. The molecule has 1 unspecified atom stereocenters. The molecule has 1 N–H and O–H groups in total. The molecule has 2 aliphatic rings. The predicted molar refractivity (Wildman–Crippen MR) is 88.2 cm³/mol. The smallest absolute Gasteiger partial charge is 0.407 e. The number of carboxylic acid groups (broad SMARTS) is 1. The van der Waals surface area contributed by atoms with Gasteiger partial charge in [-0.1, -0.05) is 35.9 Å². The first kappa shape index (κ1) is 15.4. The summed E-state index contributed by atoms with van der Waals surface area (Å²) in [4.78, 5) is 15.1. The van der Waals surface area contributed by atoms with E-state index in [0.29, 0.717) is 25.2 Å². The normalized spacial score (nSPS) is 26.1. The Balaban J connectivity index is 1.68. The quantitative estimate of drug-likeness (QED) is 0.906. The van der Waals surface area contributed by atoms with Crippen molar-refractivity contribution >= 4 is 23.8 Å². The molecule has 2 atom stereocenters. The largest absolute Gasteiger partial charge is 0.465 e.